The molecule has 29 heavy (non-hydrogen) atoms. The highest BCUT2D eigenvalue weighted by Crippen LogP contribution is 2.24. The highest BCUT2D eigenvalue weighted by atomic mass is 32.2. The molecule has 0 saturated heterocycles. The van der Waals surface area contributed by atoms with Gasteiger partial charge in [0.05, 0.1) is 5.75 Å². The molecule has 3 rings (SSSR count). The Morgan fingerprint density at radius 3 is 2.48 bits per heavy atom. The molecule has 0 saturated carbocycles. The molecule has 9 heteroatoms. The molecule has 0 aliphatic carbocycles. The topological polar surface area (TPSA) is 102 Å². The molecule has 0 spiro atoms. The number of benzene rings is 1. The maximum Gasteiger partial charge on any atom is 0.234 e. The molecule has 0 fully saturated rings. The van der Waals surface area contributed by atoms with E-state index in [0.717, 1.165) is 5.56 Å². The lowest BCUT2D eigenvalue weighted by Gasteiger charge is -2.08. The predicted octanol–water partition coefficient (Wildman–Crippen LogP) is 3.22. The number of carbonyl (C=O) groups is 2. The Balaban J connectivity index is 1.63. The van der Waals surface area contributed by atoms with Crippen molar-refractivity contribution in [1.82, 2.24) is 19.7 Å². The van der Waals surface area contributed by atoms with E-state index in [9.17, 15) is 9.59 Å². The second-order valence-corrected chi connectivity index (χ2v) is 6.99. The molecule has 2 amide bonds. The monoisotopic (exact) mass is 408 g/mol. The summed E-state index contributed by atoms with van der Waals surface area (Å²) in [5.74, 6) is 0.538. The Morgan fingerprint density at radius 1 is 1.14 bits per heavy atom. The third-order valence-corrected chi connectivity index (χ3v) is 4.74. The summed E-state index contributed by atoms with van der Waals surface area (Å²) in [6, 6.07) is 10.7. The molecule has 2 N–H and O–H groups in total. The van der Waals surface area contributed by atoms with Crippen molar-refractivity contribution in [2.75, 3.05) is 16.4 Å². The lowest BCUT2D eigenvalue weighted by Crippen LogP contribution is -2.15. The number of amides is 2. The summed E-state index contributed by atoms with van der Waals surface area (Å²) in [5.41, 5.74) is 2.16. The lowest BCUT2D eigenvalue weighted by molar-refractivity contribution is -0.114. The Bertz CT molecular complexity index is 1000. The number of carbonyl (C=O) groups excluding carboxylic acids is 2. The van der Waals surface area contributed by atoms with Gasteiger partial charge in [-0.25, -0.2) is 0 Å². The second-order valence-electron chi connectivity index (χ2n) is 6.04. The van der Waals surface area contributed by atoms with E-state index in [1.807, 2.05) is 16.7 Å². The van der Waals surface area contributed by atoms with Gasteiger partial charge in [-0.1, -0.05) is 17.8 Å². The number of thioether (sulfide) groups is 1. The molecular weight excluding hydrogens is 388 g/mol. The van der Waals surface area contributed by atoms with Crippen molar-refractivity contribution in [2.24, 2.45) is 0 Å². The van der Waals surface area contributed by atoms with Crippen LogP contribution in [0.5, 0.6) is 0 Å². The van der Waals surface area contributed by atoms with Gasteiger partial charge in [0.15, 0.2) is 11.0 Å². The van der Waals surface area contributed by atoms with E-state index < -0.39 is 0 Å². The Hall–Kier alpha value is -3.46. The summed E-state index contributed by atoms with van der Waals surface area (Å²) in [6.07, 6.45) is 5.17. The summed E-state index contributed by atoms with van der Waals surface area (Å²) >= 11 is 1.29. The van der Waals surface area contributed by atoms with E-state index in [1.54, 1.807) is 42.7 Å². The molecule has 0 bridgehead atoms. The van der Waals surface area contributed by atoms with Gasteiger partial charge in [0.1, 0.15) is 0 Å². The average Bonchev–Trinajstić information content (AvgIpc) is 3.11. The molecule has 0 aliphatic rings. The summed E-state index contributed by atoms with van der Waals surface area (Å²) in [5, 5.41) is 14.6. The Labute approximate surface area is 172 Å². The van der Waals surface area contributed by atoms with Crippen LogP contribution in [-0.4, -0.2) is 37.3 Å². The molecule has 8 nitrogen and oxygen atoms in total. The second kappa shape index (κ2) is 9.65. The van der Waals surface area contributed by atoms with Crippen molar-refractivity contribution in [3.05, 3.63) is 61.4 Å². The van der Waals surface area contributed by atoms with E-state index in [-0.39, 0.29) is 17.6 Å². The number of hydrogen-bond donors (Lipinski definition) is 2. The largest absolute Gasteiger partial charge is 0.326 e. The Kier molecular flexibility index (Phi) is 6.75. The molecule has 3 aromatic rings. The van der Waals surface area contributed by atoms with Crippen LogP contribution in [0.4, 0.5) is 11.4 Å². The first-order valence-corrected chi connectivity index (χ1v) is 9.80. The smallest absolute Gasteiger partial charge is 0.234 e. The number of rotatable bonds is 8. The van der Waals surface area contributed by atoms with Crippen LogP contribution in [0.15, 0.2) is 66.6 Å². The van der Waals surface area contributed by atoms with Crippen molar-refractivity contribution in [3.63, 3.8) is 0 Å². The first kappa shape index (κ1) is 20.3. The van der Waals surface area contributed by atoms with Crippen LogP contribution in [0.1, 0.15) is 6.92 Å². The zero-order chi connectivity index (χ0) is 20.6. The van der Waals surface area contributed by atoms with Gasteiger partial charge in [-0.2, -0.15) is 0 Å². The van der Waals surface area contributed by atoms with Gasteiger partial charge in [-0.15, -0.1) is 16.8 Å². The van der Waals surface area contributed by atoms with Crippen LogP contribution in [-0.2, 0) is 16.1 Å². The van der Waals surface area contributed by atoms with Crippen molar-refractivity contribution in [3.8, 4) is 11.4 Å². The number of hydrogen-bond acceptors (Lipinski definition) is 6. The highest BCUT2D eigenvalue weighted by molar-refractivity contribution is 7.99. The molecule has 148 valence electrons. The fourth-order valence-corrected chi connectivity index (χ4v) is 3.31. The van der Waals surface area contributed by atoms with Crippen LogP contribution < -0.4 is 10.6 Å². The van der Waals surface area contributed by atoms with Crippen molar-refractivity contribution >= 4 is 35.0 Å². The number of nitrogens with zero attached hydrogens (tertiary/aromatic N) is 4. The number of allylic oxidation sites excluding steroid dienone is 1. The molecular formula is C20H20N6O2S. The number of pyridine rings is 1. The van der Waals surface area contributed by atoms with Crippen molar-refractivity contribution < 1.29 is 9.59 Å². The van der Waals surface area contributed by atoms with Crippen molar-refractivity contribution in [2.45, 2.75) is 18.6 Å². The first-order valence-electron chi connectivity index (χ1n) is 8.81. The minimum atomic E-state index is -0.168. The standard InChI is InChI=1S/C20H20N6O2S/c1-3-11-26-19(15-5-4-10-21-12-15)24-25-20(26)29-13-18(28)23-17-8-6-16(7-9-17)22-14(2)27/h3-10,12H,1,11,13H2,2H3,(H,22,27)(H,23,28). The summed E-state index contributed by atoms with van der Waals surface area (Å²) in [4.78, 5) is 27.5. The van der Waals surface area contributed by atoms with Crippen molar-refractivity contribution in [1.29, 1.82) is 0 Å². The number of anilines is 2. The van der Waals surface area contributed by atoms with Crippen LogP contribution in [0.25, 0.3) is 11.4 Å². The highest BCUT2D eigenvalue weighted by Gasteiger charge is 2.15. The van der Waals surface area contributed by atoms with E-state index in [4.69, 9.17) is 0 Å². The lowest BCUT2D eigenvalue weighted by atomic mass is 10.3. The van der Waals surface area contributed by atoms with Gasteiger partial charge in [-0.05, 0) is 36.4 Å². The Morgan fingerprint density at radius 2 is 1.86 bits per heavy atom. The zero-order valence-corrected chi connectivity index (χ0v) is 16.6. The minimum absolute atomic E-state index is 0.146. The summed E-state index contributed by atoms with van der Waals surface area (Å²) in [7, 11) is 0. The van der Waals surface area contributed by atoms with Gasteiger partial charge < -0.3 is 10.6 Å². The van der Waals surface area contributed by atoms with Gasteiger partial charge in [0.2, 0.25) is 11.8 Å². The molecule has 0 atom stereocenters. The average molecular weight is 408 g/mol. The maximum absolute atomic E-state index is 12.3. The molecule has 1 aromatic carbocycles. The fraction of sp³-hybridized carbons (Fsp3) is 0.150. The predicted molar refractivity (Wildman–Crippen MR) is 114 cm³/mol. The maximum atomic E-state index is 12.3. The van der Waals surface area contributed by atoms with Gasteiger partial charge in [0, 0.05) is 42.8 Å². The molecule has 2 heterocycles. The van der Waals surface area contributed by atoms with E-state index in [0.29, 0.717) is 28.9 Å². The van der Waals surface area contributed by atoms with E-state index in [1.165, 1.54) is 18.7 Å². The molecule has 0 aliphatic heterocycles. The first-order chi connectivity index (χ1) is 14.1. The zero-order valence-electron chi connectivity index (χ0n) is 15.8. The summed E-state index contributed by atoms with van der Waals surface area (Å²) in [6.45, 7) is 5.74. The number of aromatic nitrogens is 4. The number of nitrogens with one attached hydrogen (secondary N) is 2. The minimum Gasteiger partial charge on any atom is -0.326 e. The normalized spacial score (nSPS) is 10.4. The van der Waals surface area contributed by atoms with Gasteiger partial charge in [0.25, 0.3) is 0 Å². The SMILES string of the molecule is C=CCn1c(SCC(=O)Nc2ccc(NC(C)=O)cc2)nnc1-c1cccnc1. The van der Waals surface area contributed by atoms with Crippen LogP contribution in [0.3, 0.4) is 0 Å². The van der Waals surface area contributed by atoms with Gasteiger partial charge in [-0.3, -0.25) is 19.1 Å². The van der Waals surface area contributed by atoms with Gasteiger partial charge >= 0.3 is 0 Å². The quantitative estimate of drug-likeness (QED) is 0.438. The third-order valence-electron chi connectivity index (χ3n) is 3.77. The fourth-order valence-electron chi connectivity index (χ4n) is 2.57. The van der Waals surface area contributed by atoms with Crippen LogP contribution >= 0.6 is 11.8 Å². The van der Waals surface area contributed by atoms with E-state index in [2.05, 4.69) is 32.4 Å². The van der Waals surface area contributed by atoms with Crippen LogP contribution in [0, 0.1) is 0 Å². The molecule has 2 aromatic heterocycles. The third kappa shape index (κ3) is 5.52. The van der Waals surface area contributed by atoms with Crippen LogP contribution in [0.2, 0.25) is 0 Å². The summed E-state index contributed by atoms with van der Waals surface area (Å²) < 4.78 is 1.89. The molecule has 0 radical (unpaired) electrons. The molecule has 0 unspecified atom stereocenters. The van der Waals surface area contributed by atoms with E-state index >= 15 is 0 Å².